The first-order valence-corrected chi connectivity index (χ1v) is 2.71. The fourth-order valence-corrected chi connectivity index (χ4v) is 0.452. The van der Waals surface area contributed by atoms with Crippen molar-refractivity contribution in [1.82, 2.24) is 0 Å². The Labute approximate surface area is 58.3 Å². The third-order valence-electron chi connectivity index (χ3n) is 0.999. The van der Waals surface area contributed by atoms with Gasteiger partial charge >= 0.3 is 5.97 Å². The van der Waals surface area contributed by atoms with E-state index in [2.05, 4.69) is 0 Å². The zero-order valence-electron chi connectivity index (χ0n) is 5.24. The van der Waals surface area contributed by atoms with Gasteiger partial charge in [-0.1, -0.05) is 0 Å². The van der Waals surface area contributed by atoms with Gasteiger partial charge in [0.05, 0.1) is 12.1 Å². The average Bonchev–Trinajstić information content (AvgIpc) is 1.89. The molecule has 10 heavy (non-hydrogen) atoms. The van der Waals surface area contributed by atoms with Gasteiger partial charge in [0.1, 0.15) is 5.92 Å². The van der Waals surface area contributed by atoms with E-state index < -0.39 is 11.9 Å². The highest BCUT2D eigenvalue weighted by Crippen LogP contribution is 2.03. The third-order valence-corrected chi connectivity index (χ3v) is 0.999. The lowest BCUT2D eigenvalue weighted by Crippen LogP contribution is -2.10. The molecule has 0 aliphatic carbocycles. The quantitative estimate of drug-likeness (QED) is 0.615. The van der Waals surface area contributed by atoms with E-state index in [1.54, 1.807) is 12.1 Å². The second-order valence-corrected chi connectivity index (χ2v) is 1.72. The van der Waals surface area contributed by atoms with E-state index in [1.807, 2.05) is 0 Å². The monoisotopic (exact) mass is 138 g/mol. The van der Waals surface area contributed by atoms with Crippen molar-refractivity contribution in [2.45, 2.75) is 12.8 Å². The van der Waals surface area contributed by atoms with Gasteiger partial charge in [-0.25, -0.2) is 0 Å². The molecule has 0 rings (SSSR count). The summed E-state index contributed by atoms with van der Waals surface area (Å²) in [6.07, 6.45) is 0.229. The molecule has 0 heterocycles. The molecule has 4 heteroatoms. The number of nitriles is 2. The van der Waals surface area contributed by atoms with Crippen LogP contribution in [0.5, 0.6) is 0 Å². The van der Waals surface area contributed by atoms with Crippen molar-refractivity contribution >= 4 is 5.97 Å². The minimum Gasteiger partial charge on any atom is -0.480 e. The predicted octanol–water partition coefficient (Wildman–Crippen LogP) is 0.515. The number of aliphatic carboxylic acids is 1. The standard InChI is InChI=1S/C6H6N2O2/c7-3-1-2-5(4-8)6(9)10/h5H,1-2H2,(H,9,10). The Morgan fingerprint density at radius 3 is 2.50 bits per heavy atom. The predicted molar refractivity (Wildman–Crippen MR) is 31.6 cm³/mol. The van der Waals surface area contributed by atoms with Gasteiger partial charge < -0.3 is 5.11 Å². The van der Waals surface area contributed by atoms with Gasteiger partial charge in [0.25, 0.3) is 0 Å². The average molecular weight is 138 g/mol. The van der Waals surface area contributed by atoms with Gasteiger partial charge in [0, 0.05) is 6.42 Å². The molecule has 0 saturated carbocycles. The van der Waals surface area contributed by atoms with Gasteiger partial charge in [-0.05, 0) is 6.42 Å². The highest BCUT2D eigenvalue weighted by molar-refractivity contribution is 5.72. The minimum absolute atomic E-state index is 0.113. The Hall–Kier alpha value is -1.55. The van der Waals surface area contributed by atoms with Crippen LogP contribution in [0, 0.1) is 28.6 Å². The molecule has 0 spiro atoms. The van der Waals surface area contributed by atoms with Crippen LogP contribution in [0.15, 0.2) is 0 Å². The summed E-state index contributed by atoms with van der Waals surface area (Å²) < 4.78 is 0. The molecule has 52 valence electrons. The fourth-order valence-electron chi connectivity index (χ4n) is 0.452. The second kappa shape index (κ2) is 4.34. The van der Waals surface area contributed by atoms with E-state index in [0.717, 1.165) is 0 Å². The largest absolute Gasteiger partial charge is 0.480 e. The molecule has 4 nitrogen and oxygen atoms in total. The first-order chi connectivity index (χ1) is 4.72. The summed E-state index contributed by atoms with van der Waals surface area (Å²) in [4.78, 5) is 10.1. The number of rotatable bonds is 3. The van der Waals surface area contributed by atoms with Crippen LogP contribution in [0.2, 0.25) is 0 Å². The molecular weight excluding hydrogens is 132 g/mol. The molecule has 0 aliphatic rings. The Bertz CT molecular complexity index is 199. The van der Waals surface area contributed by atoms with Crippen molar-refractivity contribution < 1.29 is 9.90 Å². The lowest BCUT2D eigenvalue weighted by Gasteiger charge is -1.96. The lowest BCUT2D eigenvalue weighted by atomic mass is 10.1. The zero-order valence-corrected chi connectivity index (χ0v) is 5.24. The molecule has 0 saturated heterocycles. The number of hydrogen-bond donors (Lipinski definition) is 1. The molecule has 1 N–H and O–H groups in total. The maximum atomic E-state index is 10.1. The van der Waals surface area contributed by atoms with Crippen molar-refractivity contribution in [3.63, 3.8) is 0 Å². The molecule has 0 aromatic rings. The van der Waals surface area contributed by atoms with Crippen molar-refractivity contribution in [1.29, 1.82) is 10.5 Å². The summed E-state index contributed by atoms with van der Waals surface area (Å²) in [6.45, 7) is 0. The van der Waals surface area contributed by atoms with Crippen LogP contribution in [0.1, 0.15) is 12.8 Å². The lowest BCUT2D eigenvalue weighted by molar-refractivity contribution is -0.139. The van der Waals surface area contributed by atoms with Crippen LogP contribution in [-0.2, 0) is 4.79 Å². The first kappa shape index (κ1) is 8.45. The molecule has 1 atom stereocenters. The Kier molecular flexibility index (Phi) is 3.67. The Balaban J connectivity index is 3.78. The van der Waals surface area contributed by atoms with Gasteiger partial charge in [0.2, 0.25) is 0 Å². The Morgan fingerprint density at radius 2 is 2.20 bits per heavy atom. The van der Waals surface area contributed by atoms with Crippen LogP contribution in [0.25, 0.3) is 0 Å². The van der Waals surface area contributed by atoms with E-state index >= 15 is 0 Å². The van der Waals surface area contributed by atoms with E-state index in [1.165, 1.54) is 0 Å². The van der Waals surface area contributed by atoms with E-state index in [9.17, 15) is 4.79 Å². The zero-order chi connectivity index (χ0) is 7.98. The summed E-state index contributed by atoms with van der Waals surface area (Å²) in [6, 6.07) is 3.36. The molecule has 0 fully saturated rings. The van der Waals surface area contributed by atoms with Crippen molar-refractivity contribution in [3.05, 3.63) is 0 Å². The smallest absolute Gasteiger partial charge is 0.320 e. The topological polar surface area (TPSA) is 84.9 Å². The Morgan fingerprint density at radius 1 is 1.60 bits per heavy atom. The maximum absolute atomic E-state index is 10.1. The maximum Gasteiger partial charge on any atom is 0.320 e. The van der Waals surface area contributed by atoms with Gasteiger partial charge in [0.15, 0.2) is 0 Å². The minimum atomic E-state index is -1.15. The van der Waals surface area contributed by atoms with Crippen LogP contribution in [-0.4, -0.2) is 11.1 Å². The summed E-state index contributed by atoms with van der Waals surface area (Å²) in [5, 5.41) is 24.5. The number of carbonyl (C=O) groups is 1. The fraction of sp³-hybridized carbons (Fsp3) is 0.500. The van der Waals surface area contributed by atoms with Gasteiger partial charge in [-0.3, -0.25) is 4.79 Å². The number of carboxylic acid groups (broad SMARTS) is 1. The highest BCUT2D eigenvalue weighted by Gasteiger charge is 2.14. The van der Waals surface area contributed by atoms with Crippen LogP contribution in [0.3, 0.4) is 0 Å². The van der Waals surface area contributed by atoms with Crippen LogP contribution in [0.4, 0.5) is 0 Å². The normalized spacial score (nSPS) is 11.0. The molecule has 0 aliphatic heterocycles. The van der Waals surface area contributed by atoms with Crippen LogP contribution < -0.4 is 0 Å². The second-order valence-electron chi connectivity index (χ2n) is 1.72. The van der Waals surface area contributed by atoms with E-state index in [4.69, 9.17) is 15.6 Å². The number of hydrogen-bond acceptors (Lipinski definition) is 3. The summed E-state index contributed by atoms with van der Waals surface area (Å²) in [5.74, 6) is -2.18. The van der Waals surface area contributed by atoms with E-state index in [-0.39, 0.29) is 12.8 Å². The van der Waals surface area contributed by atoms with Crippen LogP contribution >= 0.6 is 0 Å². The molecular formula is C6H6N2O2. The molecule has 0 aromatic heterocycles. The van der Waals surface area contributed by atoms with E-state index in [0.29, 0.717) is 0 Å². The summed E-state index contributed by atoms with van der Waals surface area (Å²) in [7, 11) is 0. The summed E-state index contributed by atoms with van der Waals surface area (Å²) in [5.41, 5.74) is 0. The first-order valence-electron chi connectivity index (χ1n) is 2.71. The number of carboxylic acids is 1. The number of nitrogens with zero attached hydrogens (tertiary/aromatic N) is 2. The molecule has 1 unspecified atom stereocenters. The molecule has 0 amide bonds. The van der Waals surface area contributed by atoms with Gasteiger partial charge in [-0.2, -0.15) is 10.5 Å². The third kappa shape index (κ3) is 2.68. The summed E-state index contributed by atoms with van der Waals surface area (Å²) >= 11 is 0. The van der Waals surface area contributed by atoms with Crippen molar-refractivity contribution in [2.24, 2.45) is 5.92 Å². The highest BCUT2D eigenvalue weighted by atomic mass is 16.4. The van der Waals surface area contributed by atoms with Crippen molar-refractivity contribution in [2.75, 3.05) is 0 Å². The molecule has 0 aromatic carbocycles. The van der Waals surface area contributed by atoms with Gasteiger partial charge in [-0.15, -0.1) is 0 Å². The molecule has 0 bridgehead atoms. The molecule has 0 radical (unpaired) electrons. The van der Waals surface area contributed by atoms with Crippen molar-refractivity contribution in [3.8, 4) is 12.1 Å². The SMILES string of the molecule is N#CCCC(C#N)C(=O)O.